The van der Waals surface area contributed by atoms with Crippen molar-refractivity contribution in [2.24, 2.45) is 0 Å². The minimum absolute atomic E-state index is 0.0980. The molecule has 1 atom stereocenters. The van der Waals surface area contributed by atoms with E-state index in [4.69, 9.17) is 5.11 Å². The summed E-state index contributed by atoms with van der Waals surface area (Å²) in [5, 5.41) is 11.7. The van der Waals surface area contributed by atoms with Crippen LogP contribution in [0.3, 0.4) is 0 Å². The number of aliphatic hydroxyl groups is 1. The molecular formula is C24H24F3N5O4. The lowest BCUT2D eigenvalue weighted by Gasteiger charge is -2.19. The highest BCUT2D eigenvalue weighted by molar-refractivity contribution is 5.98. The maximum absolute atomic E-state index is 14.8. The Morgan fingerprint density at radius 3 is 2.50 bits per heavy atom. The number of rotatable bonds is 7. The highest BCUT2D eigenvalue weighted by atomic mass is 19.1. The Labute approximate surface area is 203 Å². The molecule has 1 aromatic carbocycles. The SMILES string of the molecule is CC[C@@H](C)NC(=O)c1cn(-c2c(F)cc(F)cc2F)c2nc(N3CCN(CCO)C3=O)ccc2c1=O. The van der Waals surface area contributed by atoms with Crippen LogP contribution in [0.1, 0.15) is 30.6 Å². The standard InChI is InChI=1S/C24H24F3N5O4/c1-3-13(2)28-23(35)16-12-32(20-17(26)10-14(25)11-18(20)27)22-15(21(16)34)4-5-19(29-22)31-7-6-30(8-9-33)24(31)36/h4-5,10-13,33H,3,6-9H2,1-2H3,(H,28,35)/t13-/m1/s1. The molecule has 1 saturated heterocycles. The Morgan fingerprint density at radius 2 is 1.86 bits per heavy atom. The molecule has 1 aliphatic rings. The number of hydrogen-bond acceptors (Lipinski definition) is 5. The number of fused-ring (bicyclic) bond motifs is 1. The number of nitrogens with one attached hydrogen (secondary N) is 1. The Balaban J connectivity index is 1.94. The molecule has 36 heavy (non-hydrogen) atoms. The number of pyridine rings is 2. The van der Waals surface area contributed by atoms with E-state index < -0.39 is 40.5 Å². The van der Waals surface area contributed by atoms with Gasteiger partial charge in [-0.25, -0.2) is 22.9 Å². The third kappa shape index (κ3) is 4.51. The lowest BCUT2D eigenvalue weighted by atomic mass is 10.1. The summed E-state index contributed by atoms with van der Waals surface area (Å²) in [6, 6.07) is 2.95. The molecule has 3 aromatic rings. The zero-order valence-electron chi connectivity index (χ0n) is 19.6. The molecule has 0 bridgehead atoms. The highest BCUT2D eigenvalue weighted by Gasteiger charge is 2.31. The maximum atomic E-state index is 14.8. The quantitative estimate of drug-likeness (QED) is 0.516. The number of aromatic nitrogens is 2. The molecule has 12 heteroatoms. The van der Waals surface area contributed by atoms with Gasteiger partial charge in [0.2, 0.25) is 5.43 Å². The van der Waals surface area contributed by atoms with Crippen molar-refractivity contribution in [3.05, 3.63) is 63.7 Å². The van der Waals surface area contributed by atoms with Gasteiger partial charge < -0.3 is 15.3 Å². The van der Waals surface area contributed by atoms with Gasteiger partial charge in [0, 0.05) is 44.0 Å². The fourth-order valence-electron chi connectivity index (χ4n) is 3.97. The minimum Gasteiger partial charge on any atom is -0.395 e. The third-order valence-corrected chi connectivity index (χ3v) is 6.03. The summed E-state index contributed by atoms with van der Waals surface area (Å²) in [5.41, 5.74) is -2.07. The van der Waals surface area contributed by atoms with E-state index >= 15 is 0 Å². The van der Waals surface area contributed by atoms with E-state index in [0.717, 1.165) is 10.8 Å². The van der Waals surface area contributed by atoms with Gasteiger partial charge in [-0.15, -0.1) is 0 Å². The first kappa shape index (κ1) is 25.2. The van der Waals surface area contributed by atoms with E-state index in [9.17, 15) is 27.6 Å². The van der Waals surface area contributed by atoms with E-state index in [2.05, 4.69) is 10.3 Å². The molecule has 190 valence electrons. The fourth-order valence-corrected chi connectivity index (χ4v) is 3.97. The zero-order valence-corrected chi connectivity index (χ0v) is 19.6. The molecule has 3 heterocycles. The first-order chi connectivity index (χ1) is 17.2. The van der Waals surface area contributed by atoms with Crippen molar-refractivity contribution in [2.45, 2.75) is 26.3 Å². The van der Waals surface area contributed by atoms with Gasteiger partial charge in [-0.05, 0) is 25.5 Å². The Hall–Kier alpha value is -3.93. The number of urea groups is 1. The van der Waals surface area contributed by atoms with Gasteiger partial charge in [-0.1, -0.05) is 6.92 Å². The van der Waals surface area contributed by atoms with Gasteiger partial charge >= 0.3 is 6.03 Å². The average molecular weight is 503 g/mol. The van der Waals surface area contributed by atoms with Crippen LogP contribution >= 0.6 is 0 Å². The number of carbonyl (C=O) groups excluding carboxylic acids is 2. The second-order valence-corrected chi connectivity index (χ2v) is 8.43. The van der Waals surface area contributed by atoms with E-state index in [1.165, 1.54) is 21.9 Å². The number of amides is 3. The zero-order chi connectivity index (χ0) is 26.1. The van der Waals surface area contributed by atoms with Crippen molar-refractivity contribution in [3.8, 4) is 5.69 Å². The molecule has 0 radical (unpaired) electrons. The average Bonchev–Trinajstić information content (AvgIpc) is 3.19. The predicted octanol–water partition coefficient (Wildman–Crippen LogP) is 2.57. The van der Waals surface area contributed by atoms with Crippen molar-refractivity contribution in [3.63, 3.8) is 0 Å². The number of halogens is 3. The number of aliphatic hydroxyl groups excluding tert-OH is 1. The third-order valence-electron chi connectivity index (χ3n) is 6.03. The Kier molecular flexibility index (Phi) is 6.97. The second kappa shape index (κ2) is 9.97. The summed E-state index contributed by atoms with van der Waals surface area (Å²) in [7, 11) is 0. The first-order valence-electron chi connectivity index (χ1n) is 11.4. The first-order valence-corrected chi connectivity index (χ1v) is 11.4. The van der Waals surface area contributed by atoms with Gasteiger partial charge in [0.1, 0.15) is 22.9 Å². The number of carbonyl (C=O) groups is 2. The number of nitrogens with zero attached hydrogens (tertiary/aromatic N) is 4. The van der Waals surface area contributed by atoms with Crippen molar-refractivity contribution in [1.29, 1.82) is 0 Å². The van der Waals surface area contributed by atoms with Crippen LogP contribution in [-0.4, -0.2) is 63.8 Å². The van der Waals surface area contributed by atoms with Crippen LogP contribution in [0.15, 0.2) is 35.3 Å². The van der Waals surface area contributed by atoms with E-state index in [1.54, 1.807) is 6.92 Å². The number of anilines is 1. The van der Waals surface area contributed by atoms with Crippen molar-refractivity contribution < 1.29 is 27.9 Å². The topological polar surface area (TPSA) is 108 Å². The van der Waals surface area contributed by atoms with Crippen LogP contribution in [0.5, 0.6) is 0 Å². The molecule has 2 N–H and O–H groups in total. The van der Waals surface area contributed by atoms with Crippen molar-refractivity contribution in [2.75, 3.05) is 31.1 Å². The Bertz CT molecular complexity index is 1390. The summed E-state index contributed by atoms with van der Waals surface area (Å²) in [6.07, 6.45) is 1.54. The number of β-amino-alcohol motifs (C(OH)–C–C–N with tert-alkyl or cyclic N) is 1. The van der Waals surface area contributed by atoms with Crippen LogP contribution in [0.4, 0.5) is 23.8 Å². The van der Waals surface area contributed by atoms with E-state index in [0.29, 0.717) is 25.1 Å². The van der Waals surface area contributed by atoms with Crippen LogP contribution in [0, 0.1) is 17.5 Å². The molecule has 3 amide bonds. The molecule has 9 nitrogen and oxygen atoms in total. The lowest BCUT2D eigenvalue weighted by Crippen LogP contribution is -2.36. The largest absolute Gasteiger partial charge is 0.395 e. The summed E-state index contributed by atoms with van der Waals surface area (Å²) < 4.78 is 44.1. The van der Waals surface area contributed by atoms with Gasteiger partial charge in [0.25, 0.3) is 5.91 Å². The fraction of sp³-hybridized carbons (Fsp3) is 0.333. The maximum Gasteiger partial charge on any atom is 0.325 e. The summed E-state index contributed by atoms with van der Waals surface area (Å²) in [5.74, 6) is -4.34. The smallest absolute Gasteiger partial charge is 0.325 e. The summed E-state index contributed by atoms with van der Waals surface area (Å²) in [6.45, 7) is 4.01. The van der Waals surface area contributed by atoms with Crippen LogP contribution in [-0.2, 0) is 0 Å². The Morgan fingerprint density at radius 1 is 1.17 bits per heavy atom. The normalized spacial score (nSPS) is 14.6. The van der Waals surface area contributed by atoms with Crippen molar-refractivity contribution >= 4 is 28.8 Å². The molecule has 0 aliphatic carbocycles. The summed E-state index contributed by atoms with van der Waals surface area (Å²) >= 11 is 0. The molecule has 0 unspecified atom stereocenters. The number of hydrogen-bond donors (Lipinski definition) is 2. The predicted molar refractivity (Wildman–Crippen MR) is 126 cm³/mol. The highest BCUT2D eigenvalue weighted by Crippen LogP contribution is 2.26. The molecule has 4 rings (SSSR count). The lowest BCUT2D eigenvalue weighted by molar-refractivity contribution is 0.0937. The molecule has 1 fully saturated rings. The molecular weight excluding hydrogens is 479 g/mol. The monoisotopic (exact) mass is 503 g/mol. The van der Waals surface area contributed by atoms with Crippen LogP contribution < -0.4 is 15.6 Å². The molecule has 0 spiro atoms. The second-order valence-electron chi connectivity index (χ2n) is 8.43. The van der Waals surface area contributed by atoms with Gasteiger partial charge in [-0.3, -0.25) is 19.1 Å². The minimum atomic E-state index is -1.27. The van der Waals surface area contributed by atoms with Crippen molar-refractivity contribution in [1.82, 2.24) is 19.8 Å². The van der Waals surface area contributed by atoms with Crippen LogP contribution in [0.2, 0.25) is 0 Å². The molecule has 1 aliphatic heterocycles. The molecule has 0 saturated carbocycles. The summed E-state index contributed by atoms with van der Waals surface area (Å²) in [4.78, 5) is 45.8. The van der Waals surface area contributed by atoms with Gasteiger partial charge in [-0.2, -0.15) is 0 Å². The van der Waals surface area contributed by atoms with E-state index in [1.807, 2.05) is 6.92 Å². The van der Waals surface area contributed by atoms with Crippen LogP contribution in [0.25, 0.3) is 16.7 Å². The van der Waals surface area contributed by atoms with Gasteiger partial charge in [0.05, 0.1) is 12.0 Å². The van der Waals surface area contributed by atoms with Gasteiger partial charge in [0.15, 0.2) is 17.3 Å². The number of benzene rings is 1. The molecule has 2 aromatic heterocycles. The van der Waals surface area contributed by atoms with E-state index in [-0.39, 0.29) is 48.2 Å².